The largest absolute Gasteiger partial charge is 0.461 e. The Morgan fingerprint density at radius 2 is 1.81 bits per heavy atom. The summed E-state index contributed by atoms with van der Waals surface area (Å²) in [6.45, 7) is 14.8. The van der Waals surface area contributed by atoms with E-state index in [0.29, 0.717) is 13.0 Å². The van der Waals surface area contributed by atoms with Gasteiger partial charge in [-0.3, -0.25) is 14.4 Å². The first-order valence-corrected chi connectivity index (χ1v) is 13.2. The number of fused-ring (bicyclic) bond motifs is 2. The molecular formula is C28H42N2O6. The van der Waals surface area contributed by atoms with E-state index in [1.807, 2.05) is 30.9 Å². The normalized spacial score (nSPS) is 33.3. The number of cyclic esters (lactones) is 1. The molecule has 0 radical (unpaired) electrons. The van der Waals surface area contributed by atoms with Crippen molar-refractivity contribution in [2.75, 3.05) is 19.8 Å². The third-order valence-corrected chi connectivity index (χ3v) is 7.89. The number of carbonyl (C=O) groups excluding carboxylic acids is 3. The van der Waals surface area contributed by atoms with Gasteiger partial charge in [0.25, 0.3) is 0 Å². The number of hydrogen-bond donors (Lipinski definition) is 1. The molecule has 4 aliphatic rings. The molecule has 4 heterocycles. The molecule has 8 nitrogen and oxygen atoms in total. The summed E-state index contributed by atoms with van der Waals surface area (Å²) in [5.74, 6) is -2.56. The van der Waals surface area contributed by atoms with Crippen molar-refractivity contribution in [2.45, 2.75) is 90.6 Å². The van der Waals surface area contributed by atoms with Crippen molar-refractivity contribution in [1.82, 2.24) is 9.80 Å². The Hall–Kier alpha value is -2.19. The van der Waals surface area contributed by atoms with Crippen LogP contribution in [0.5, 0.6) is 0 Å². The van der Waals surface area contributed by atoms with Crippen LogP contribution in [-0.2, 0) is 23.9 Å². The third kappa shape index (κ3) is 4.40. The van der Waals surface area contributed by atoms with Crippen LogP contribution in [-0.4, -0.2) is 81.8 Å². The van der Waals surface area contributed by atoms with E-state index in [2.05, 4.69) is 34.6 Å². The summed E-state index contributed by atoms with van der Waals surface area (Å²) < 4.78 is 12.0. The average molecular weight is 503 g/mol. The molecule has 2 amide bonds. The van der Waals surface area contributed by atoms with Crippen molar-refractivity contribution >= 4 is 17.8 Å². The van der Waals surface area contributed by atoms with E-state index in [1.54, 1.807) is 17.1 Å². The Morgan fingerprint density at radius 3 is 2.42 bits per heavy atom. The zero-order valence-corrected chi connectivity index (χ0v) is 22.7. The number of ether oxygens (including phenoxy) is 2. The lowest BCUT2D eigenvalue weighted by Crippen LogP contribution is -2.61. The summed E-state index contributed by atoms with van der Waals surface area (Å²) in [7, 11) is 0. The van der Waals surface area contributed by atoms with Gasteiger partial charge in [-0.25, -0.2) is 0 Å². The summed E-state index contributed by atoms with van der Waals surface area (Å²) in [6, 6.07) is -1.54. The molecule has 0 aromatic heterocycles. The fourth-order valence-corrected chi connectivity index (χ4v) is 7.06. The summed E-state index contributed by atoms with van der Waals surface area (Å²) >= 11 is 0. The number of likely N-dealkylation sites (tertiary alicyclic amines) is 1. The highest BCUT2D eigenvalue weighted by molar-refractivity contribution is 5.99. The number of carbonyl (C=O) groups is 3. The number of amides is 2. The topological polar surface area (TPSA) is 96.4 Å². The van der Waals surface area contributed by atoms with Gasteiger partial charge in [0.2, 0.25) is 11.8 Å². The molecule has 8 heteroatoms. The average Bonchev–Trinajstić information content (AvgIpc) is 3.04. The van der Waals surface area contributed by atoms with E-state index < -0.39 is 47.1 Å². The Morgan fingerprint density at radius 1 is 1.11 bits per heavy atom. The van der Waals surface area contributed by atoms with Gasteiger partial charge in [0.1, 0.15) is 24.2 Å². The second-order valence-corrected chi connectivity index (χ2v) is 13.0. The van der Waals surface area contributed by atoms with Crippen LogP contribution in [0.3, 0.4) is 0 Å². The molecule has 200 valence electrons. The molecular weight excluding hydrogens is 460 g/mol. The maximum atomic E-state index is 14.5. The molecule has 4 rings (SSSR count). The zero-order valence-electron chi connectivity index (χ0n) is 22.7. The van der Waals surface area contributed by atoms with Gasteiger partial charge in [0, 0.05) is 12.1 Å². The van der Waals surface area contributed by atoms with Gasteiger partial charge in [-0.2, -0.15) is 0 Å². The number of hydrogen-bond acceptors (Lipinski definition) is 6. The van der Waals surface area contributed by atoms with Gasteiger partial charge in [0.05, 0.1) is 24.7 Å². The van der Waals surface area contributed by atoms with Crippen LogP contribution in [0.2, 0.25) is 0 Å². The Balaban J connectivity index is 1.85. The summed E-state index contributed by atoms with van der Waals surface area (Å²) in [4.78, 5) is 45.1. The SMILES string of the molecule is CC(C)C[C@H](CO)N1C(=O)[C@@H]2[C@@H]3C(=O)OCC=C[C@@H]3O[C@@]23C=CCN(C(C)(C)CC(C)(C)C)C(=O)C13. The van der Waals surface area contributed by atoms with E-state index in [4.69, 9.17) is 9.47 Å². The van der Waals surface area contributed by atoms with E-state index in [-0.39, 0.29) is 36.4 Å². The summed E-state index contributed by atoms with van der Waals surface area (Å²) in [5, 5.41) is 10.4. The standard InChI is InChI=1S/C28H42N2O6/c1-17(2)14-18(15-31)30-22-24(33)29(27(6,7)16-26(3,4)5)12-9-11-28(22)21(23(30)32)20-19(36-28)10-8-13-35-25(20)34/h8-11,17-22,31H,12-16H2,1-7H3/t18-,19+,20-,21+,22?,28+/m1/s1. The summed E-state index contributed by atoms with van der Waals surface area (Å²) in [6.07, 6.45) is 7.89. The predicted molar refractivity (Wildman–Crippen MR) is 135 cm³/mol. The van der Waals surface area contributed by atoms with Gasteiger partial charge in [-0.1, -0.05) is 52.8 Å². The molecule has 0 saturated carbocycles. The highest BCUT2D eigenvalue weighted by atomic mass is 16.6. The summed E-state index contributed by atoms with van der Waals surface area (Å²) in [5.41, 5.74) is -1.82. The van der Waals surface area contributed by atoms with Crippen LogP contribution in [0.4, 0.5) is 0 Å². The Labute approximate surface area is 214 Å². The van der Waals surface area contributed by atoms with Crippen LogP contribution < -0.4 is 0 Å². The molecule has 2 fully saturated rings. The number of aliphatic hydroxyl groups excluding tert-OH is 1. The fraction of sp³-hybridized carbons (Fsp3) is 0.750. The van der Waals surface area contributed by atoms with Gasteiger partial charge in [-0.15, -0.1) is 0 Å². The molecule has 1 unspecified atom stereocenters. The lowest BCUT2D eigenvalue weighted by Gasteiger charge is -2.45. The minimum absolute atomic E-state index is 0.0257. The lowest BCUT2D eigenvalue weighted by molar-refractivity contribution is -0.157. The Bertz CT molecular complexity index is 964. The monoisotopic (exact) mass is 502 g/mol. The maximum absolute atomic E-state index is 14.5. The van der Waals surface area contributed by atoms with Crippen molar-refractivity contribution in [1.29, 1.82) is 0 Å². The first-order valence-electron chi connectivity index (χ1n) is 13.2. The Kier molecular flexibility index (Phi) is 6.92. The third-order valence-electron chi connectivity index (χ3n) is 7.89. The first kappa shape index (κ1) is 26.9. The van der Waals surface area contributed by atoms with Crippen molar-refractivity contribution < 1.29 is 29.0 Å². The molecule has 0 aliphatic carbocycles. The van der Waals surface area contributed by atoms with Crippen LogP contribution >= 0.6 is 0 Å². The van der Waals surface area contributed by atoms with Gasteiger partial charge < -0.3 is 24.4 Å². The second kappa shape index (κ2) is 9.28. The number of nitrogens with zero attached hydrogens (tertiary/aromatic N) is 2. The highest BCUT2D eigenvalue weighted by Gasteiger charge is 2.73. The number of rotatable bonds is 6. The highest BCUT2D eigenvalue weighted by Crippen LogP contribution is 2.54. The van der Waals surface area contributed by atoms with Crippen LogP contribution in [0.15, 0.2) is 24.3 Å². The molecule has 4 aliphatic heterocycles. The molecule has 1 N–H and O–H groups in total. The smallest absolute Gasteiger partial charge is 0.313 e. The van der Waals surface area contributed by atoms with Crippen molar-refractivity contribution in [2.24, 2.45) is 23.2 Å². The van der Waals surface area contributed by atoms with Crippen LogP contribution in [0.25, 0.3) is 0 Å². The van der Waals surface area contributed by atoms with Crippen molar-refractivity contribution in [3.63, 3.8) is 0 Å². The zero-order chi connectivity index (χ0) is 26.6. The van der Waals surface area contributed by atoms with E-state index >= 15 is 0 Å². The van der Waals surface area contributed by atoms with E-state index in [9.17, 15) is 19.5 Å². The van der Waals surface area contributed by atoms with Gasteiger partial charge in [0.15, 0.2) is 0 Å². The van der Waals surface area contributed by atoms with E-state index in [1.165, 1.54) is 0 Å². The molecule has 0 aromatic carbocycles. The molecule has 1 spiro atoms. The minimum atomic E-state index is -1.30. The molecule has 6 atom stereocenters. The lowest BCUT2D eigenvalue weighted by atomic mass is 9.77. The first-order chi connectivity index (χ1) is 16.7. The molecule has 2 saturated heterocycles. The minimum Gasteiger partial charge on any atom is -0.461 e. The van der Waals surface area contributed by atoms with Crippen molar-refractivity contribution in [3.05, 3.63) is 24.3 Å². The van der Waals surface area contributed by atoms with Crippen LogP contribution in [0, 0.1) is 23.2 Å². The number of aliphatic hydroxyl groups is 1. The molecule has 0 aromatic rings. The second-order valence-electron chi connectivity index (χ2n) is 13.0. The molecule has 36 heavy (non-hydrogen) atoms. The number of esters is 1. The van der Waals surface area contributed by atoms with Gasteiger partial charge in [-0.05, 0) is 44.1 Å². The molecule has 0 bridgehead atoms. The maximum Gasteiger partial charge on any atom is 0.313 e. The quantitative estimate of drug-likeness (QED) is 0.443. The van der Waals surface area contributed by atoms with Gasteiger partial charge >= 0.3 is 5.97 Å². The van der Waals surface area contributed by atoms with E-state index in [0.717, 1.165) is 6.42 Å². The van der Waals surface area contributed by atoms with Crippen molar-refractivity contribution in [3.8, 4) is 0 Å². The van der Waals surface area contributed by atoms with Crippen LogP contribution in [0.1, 0.15) is 61.3 Å². The predicted octanol–water partition coefficient (Wildman–Crippen LogP) is 2.70. The fourth-order valence-electron chi connectivity index (χ4n) is 7.06.